The number of benzene rings is 3. The molecule has 9 heteroatoms. The van der Waals surface area contributed by atoms with Gasteiger partial charge in [0.05, 0.1) is 17.0 Å². The number of para-hydroxylation sites is 1. The highest BCUT2D eigenvalue weighted by Gasteiger charge is 2.22. The summed E-state index contributed by atoms with van der Waals surface area (Å²) in [6.07, 6.45) is 1.02. The first kappa shape index (κ1) is 23.6. The molecule has 0 spiro atoms. The van der Waals surface area contributed by atoms with Crippen molar-refractivity contribution in [3.8, 4) is 5.75 Å². The number of sulfonamides is 1. The van der Waals surface area contributed by atoms with E-state index in [9.17, 15) is 17.6 Å². The zero-order chi connectivity index (χ0) is 23.1. The lowest BCUT2D eigenvalue weighted by Gasteiger charge is -2.22. The molecule has 1 amide bonds. The van der Waals surface area contributed by atoms with Crippen molar-refractivity contribution >= 4 is 33.2 Å². The molecular formula is C23H22ClFN2O4S. The maximum Gasteiger partial charge on any atom is 0.241 e. The summed E-state index contributed by atoms with van der Waals surface area (Å²) in [7, 11) is -3.71. The molecule has 0 radical (unpaired) electrons. The van der Waals surface area contributed by atoms with E-state index in [4.69, 9.17) is 16.3 Å². The van der Waals surface area contributed by atoms with Crippen LogP contribution >= 0.6 is 11.6 Å². The monoisotopic (exact) mass is 476 g/mol. The number of anilines is 1. The molecule has 6 nitrogen and oxygen atoms in total. The van der Waals surface area contributed by atoms with Gasteiger partial charge in [-0.05, 0) is 47.5 Å². The fourth-order valence-electron chi connectivity index (χ4n) is 2.87. The number of nitrogens with zero attached hydrogens (tertiary/aromatic N) is 1. The average Bonchev–Trinajstić information content (AvgIpc) is 2.76. The van der Waals surface area contributed by atoms with Crippen LogP contribution in [0.3, 0.4) is 0 Å². The smallest absolute Gasteiger partial charge is 0.241 e. The maximum atomic E-state index is 12.9. The summed E-state index contributed by atoms with van der Waals surface area (Å²) in [5.41, 5.74) is 1.90. The minimum absolute atomic E-state index is 0.219. The minimum Gasteiger partial charge on any atom is -0.489 e. The molecule has 0 bridgehead atoms. The Kier molecular flexibility index (Phi) is 7.71. The number of carbonyl (C=O) groups excluding carboxylic acids is 1. The van der Waals surface area contributed by atoms with Crippen molar-refractivity contribution in [3.63, 3.8) is 0 Å². The van der Waals surface area contributed by atoms with Gasteiger partial charge >= 0.3 is 0 Å². The van der Waals surface area contributed by atoms with E-state index in [0.29, 0.717) is 12.4 Å². The van der Waals surface area contributed by atoms with Crippen LogP contribution in [0, 0.1) is 5.82 Å². The first-order valence-electron chi connectivity index (χ1n) is 9.67. The molecule has 0 aliphatic rings. The highest BCUT2D eigenvalue weighted by Crippen LogP contribution is 2.26. The van der Waals surface area contributed by atoms with Crippen molar-refractivity contribution in [1.82, 2.24) is 5.32 Å². The molecule has 3 aromatic rings. The first-order valence-corrected chi connectivity index (χ1v) is 11.9. The van der Waals surface area contributed by atoms with E-state index < -0.39 is 15.9 Å². The van der Waals surface area contributed by atoms with E-state index in [1.165, 1.54) is 12.1 Å². The number of hydrogen-bond donors (Lipinski definition) is 1. The molecule has 3 rings (SSSR count). The number of carbonyl (C=O) groups is 1. The lowest BCUT2D eigenvalue weighted by molar-refractivity contribution is -0.119. The van der Waals surface area contributed by atoms with Gasteiger partial charge < -0.3 is 10.1 Å². The quantitative estimate of drug-likeness (QED) is 0.503. The van der Waals surface area contributed by atoms with E-state index in [2.05, 4.69) is 5.32 Å². The van der Waals surface area contributed by atoms with E-state index in [-0.39, 0.29) is 29.6 Å². The molecule has 0 atom stereocenters. The summed E-state index contributed by atoms with van der Waals surface area (Å²) < 4.78 is 43.9. The Morgan fingerprint density at radius 1 is 1.00 bits per heavy atom. The molecule has 0 saturated carbocycles. The van der Waals surface area contributed by atoms with Crippen molar-refractivity contribution in [3.05, 3.63) is 94.8 Å². The van der Waals surface area contributed by atoms with Crippen LogP contribution in [-0.4, -0.2) is 27.1 Å². The van der Waals surface area contributed by atoms with E-state index in [1.54, 1.807) is 60.7 Å². The van der Waals surface area contributed by atoms with Crippen molar-refractivity contribution in [1.29, 1.82) is 0 Å². The third-order valence-electron chi connectivity index (χ3n) is 4.54. The van der Waals surface area contributed by atoms with Gasteiger partial charge in [-0.15, -0.1) is 0 Å². The zero-order valence-electron chi connectivity index (χ0n) is 17.3. The van der Waals surface area contributed by atoms with Crippen LogP contribution in [0.15, 0.2) is 72.8 Å². The van der Waals surface area contributed by atoms with Crippen molar-refractivity contribution < 1.29 is 22.3 Å². The summed E-state index contributed by atoms with van der Waals surface area (Å²) in [6.45, 7) is 0.137. The van der Waals surface area contributed by atoms with Crippen molar-refractivity contribution in [2.75, 3.05) is 17.1 Å². The van der Waals surface area contributed by atoms with Crippen LogP contribution in [0.1, 0.15) is 11.1 Å². The SMILES string of the molecule is CS(=O)(=O)N(CC(=O)NCc1ccc(OCc2ccc(F)cc2)cc1)c1ccccc1Cl. The van der Waals surface area contributed by atoms with Crippen LogP contribution in [0.4, 0.5) is 10.1 Å². The summed E-state index contributed by atoms with van der Waals surface area (Å²) in [6, 6.07) is 19.6. The molecule has 1 N–H and O–H groups in total. The molecule has 0 unspecified atom stereocenters. The topological polar surface area (TPSA) is 75.7 Å². The highest BCUT2D eigenvalue weighted by molar-refractivity contribution is 7.92. The zero-order valence-corrected chi connectivity index (χ0v) is 18.9. The van der Waals surface area contributed by atoms with Crippen molar-refractivity contribution in [2.45, 2.75) is 13.2 Å². The Bertz CT molecular complexity index is 1170. The predicted octanol–water partition coefficient (Wildman–Crippen LogP) is 4.14. The molecule has 0 aromatic heterocycles. The van der Waals surface area contributed by atoms with E-state index in [0.717, 1.165) is 21.7 Å². The van der Waals surface area contributed by atoms with E-state index >= 15 is 0 Å². The van der Waals surface area contributed by atoms with Gasteiger partial charge in [0.25, 0.3) is 0 Å². The summed E-state index contributed by atoms with van der Waals surface area (Å²) >= 11 is 6.10. The molecule has 0 saturated heterocycles. The standard InChI is InChI=1S/C23H22ClFN2O4S/c1-32(29,30)27(22-5-3-2-4-21(22)24)15-23(28)26-14-17-8-12-20(13-9-17)31-16-18-6-10-19(25)11-7-18/h2-13H,14-16H2,1H3,(H,26,28). The van der Waals surface area contributed by atoms with Crippen LogP contribution in [0.5, 0.6) is 5.75 Å². The normalized spacial score (nSPS) is 11.1. The van der Waals surface area contributed by atoms with Gasteiger partial charge in [-0.1, -0.05) is 48.0 Å². The second-order valence-corrected chi connectivity index (χ2v) is 9.37. The van der Waals surface area contributed by atoms with Gasteiger partial charge in [0, 0.05) is 6.54 Å². The van der Waals surface area contributed by atoms with Gasteiger partial charge in [-0.25, -0.2) is 12.8 Å². The minimum atomic E-state index is -3.71. The number of ether oxygens (including phenoxy) is 1. The van der Waals surface area contributed by atoms with Gasteiger partial charge in [-0.3, -0.25) is 9.10 Å². The third kappa shape index (κ3) is 6.70. The first-order chi connectivity index (χ1) is 15.2. The Hall–Kier alpha value is -3.10. The molecule has 32 heavy (non-hydrogen) atoms. The number of amides is 1. The number of rotatable bonds is 9. The maximum absolute atomic E-state index is 12.9. The van der Waals surface area contributed by atoms with Crippen molar-refractivity contribution in [2.24, 2.45) is 0 Å². The van der Waals surface area contributed by atoms with Crippen LogP contribution < -0.4 is 14.4 Å². The average molecular weight is 477 g/mol. The Labute approximate surface area is 191 Å². The second-order valence-electron chi connectivity index (χ2n) is 7.06. The van der Waals surface area contributed by atoms with Gasteiger partial charge in [0.1, 0.15) is 24.7 Å². The summed E-state index contributed by atoms with van der Waals surface area (Å²) in [4.78, 5) is 12.4. The fourth-order valence-corrected chi connectivity index (χ4v) is 4.03. The molecule has 0 fully saturated rings. The lowest BCUT2D eigenvalue weighted by Crippen LogP contribution is -2.40. The Morgan fingerprint density at radius 2 is 1.62 bits per heavy atom. The van der Waals surface area contributed by atoms with Crippen LogP contribution in [0.25, 0.3) is 0 Å². The number of halogens is 2. The van der Waals surface area contributed by atoms with Gasteiger partial charge in [0.15, 0.2) is 0 Å². The second kappa shape index (κ2) is 10.5. The van der Waals surface area contributed by atoms with Crippen LogP contribution in [0.2, 0.25) is 5.02 Å². The summed E-state index contributed by atoms with van der Waals surface area (Å²) in [5, 5.41) is 2.95. The van der Waals surface area contributed by atoms with E-state index in [1.807, 2.05) is 0 Å². The number of hydrogen-bond acceptors (Lipinski definition) is 4. The molecule has 0 aliphatic heterocycles. The van der Waals surface area contributed by atoms with Gasteiger partial charge in [0.2, 0.25) is 15.9 Å². The molecule has 3 aromatic carbocycles. The molecule has 168 valence electrons. The van der Waals surface area contributed by atoms with Crippen LogP contribution in [-0.2, 0) is 28.0 Å². The fraction of sp³-hybridized carbons (Fsp3) is 0.174. The van der Waals surface area contributed by atoms with Gasteiger partial charge in [-0.2, -0.15) is 0 Å². The summed E-state index contributed by atoms with van der Waals surface area (Å²) in [5.74, 6) is -0.134. The molecular weight excluding hydrogens is 455 g/mol. The number of nitrogens with one attached hydrogen (secondary N) is 1. The molecule has 0 aliphatic carbocycles. The molecule has 0 heterocycles. The Balaban J connectivity index is 1.54. The lowest BCUT2D eigenvalue weighted by atomic mass is 10.2. The third-order valence-corrected chi connectivity index (χ3v) is 5.99. The Morgan fingerprint density at radius 3 is 2.25 bits per heavy atom. The predicted molar refractivity (Wildman–Crippen MR) is 123 cm³/mol. The largest absolute Gasteiger partial charge is 0.489 e. The highest BCUT2D eigenvalue weighted by atomic mass is 35.5.